The lowest BCUT2D eigenvalue weighted by Crippen LogP contribution is -1.95. The van der Waals surface area contributed by atoms with Gasteiger partial charge in [-0.3, -0.25) is 0 Å². The summed E-state index contributed by atoms with van der Waals surface area (Å²) < 4.78 is 18.1. The van der Waals surface area contributed by atoms with Gasteiger partial charge in [-0.05, 0) is 30.5 Å². The summed E-state index contributed by atoms with van der Waals surface area (Å²) >= 11 is 3.41. The first-order chi connectivity index (χ1) is 7.83. The van der Waals surface area contributed by atoms with Crippen LogP contribution in [0.15, 0.2) is 24.3 Å². The average molecular weight is 289 g/mol. The molecule has 1 nitrogen and oxygen atoms in total. The highest BCUT2D eigenvalue weighted by Gasteiger charge is 1.94. The zero-order valence-electron chi connectivity index (χ0n) is 9.42. The zero-order chi connectivity index (χ0) is 11.6. The van der Waals surface area contributed by atoms with Gasteiger partial charge in [-0.15, -0.1) is 0 Å². The summed E-state index contributed by atoms with van der Waals surface area (Å²) in [5.41, 5.74) is 1.03. The number of hydrogen-bond acceptors (Lipinski definition) is 1. The minimum Gasteiger partial charge on any atom is -0.377 e. The highest BCUT2D eigenvalue weighted by atomic mass is 79.9. The van der Waals surface area contributed by atoms with Crippen LogP contribution in [0.3, 0.4) is 0 Å². The minimum atomic E-state index is -0.196. The Morgan fingerprint density at radius 1 is 1.00 bits per heavy atom. The average Bonchev–Trinajstić information content (AvgIpc) is 2.30. The molecule has 0 aliphatic heterocycles. The van der Waals surface area contributed by atoms with Crippen LogP contribution in [0.2, 0.25) is 0 Å². The van der Waals surface area contributed by atoms with Crippen molar-refractivity contribution in [3.8, 4) is 0 Å². The maximum Gasteiger partial charge on any atom is 0.123 e. The van der Waals surface area contributed by atoms with Crippen molar-refractivity contribution in [3.63, 3.8) is 0 Å². The highest BCUT2D eigenvalue weighted by molar-refractivity contribution is 9.09. The topological polar surface area (TPSA) is 9.23 Å². The number of rotatable bonds is 8. The van der Waals surface area contributed by atoms with Gasteiger partial charge in [0, 0.05) is 11.9 Å². The van der Waals surface area contributed by atoms with E-state index in [1.807, 2.05) is 0 Å². The van der Waals surface area contributed by atoms with E-state index in [9.17, 15) is 4.39 Å². The summed E-state index contributed by atoms with van der Waals surface area (Å²) in [5, 5.41) is 1.09. The fourth-order valence-corrected chi connectivity index (χ4v) is 1.82. The molecule has 1 aromatic rings. The van der Waals surface area contributed by atoms with Gasteiger partial charge in [0.1, 0.15) is 5.82 Å². The van der Waals surface area contributed by atoms with Gasteiger partial charge in [0.2, 0.25) is 0 Å². The smallest absolute Gasteiger partial charge is 0.123 e. The third kappa shape index (κ3) is 6.23. The van der Waals surface area contributed by atoms with Gasteiger partial charge in [-0.1, -0.05) is 40.9 Å². The molecule has 0 spiro atoms. The molecule has 0 saturated carbocycles. The van der Waals surface area contributed by atoms with Gasteiger partial charge in [0.05, 0.1) is 6.61 Å². The van der Waals surface area contributed by atoms with Crippen LogP contribution in [0.5, 0.6) is 0 Å². The predicted octanol–water partition coefficient (Wildman–Crippen LogP) is 4.30. The number of benzene rings is 1. The molecule has 3 heteroatoms. The van der Waals surface area contributed by atoms with Gasteiger partial charge in [-0.25, -0.2) is 4.39 Å². The lowest BCUT2D eigenvalue weighted by atomic mass is 10.2. The minimum absolute atomic E-state index is 0.196. The Balaban J connectivity index is 2.01. The third-order valence-corrected chi connectivity index (χ3v) is 2.92. The number of halogens is 2. The first-order valence-electron chi connectivity index (χ1n) is 5.71. The first-order valence-corrected chi connectivity index (χ1v) is 6.83. The van der Waals surface area contributed by atoms with Crippen molar-refractivity contribution in [1.82, 2.24) is 0 Å². The molecular formula is C13H18BrFO. The largest absolute Gasteiger partial charge is 0.377 e. The number of unbranched alkanes of at least 4 members (excludes halogenated alkanes) is 3. The summed E-state index contributed by atoms with van der Waals surface area (Å²) in [7, 11) is 0. The zero-order valence-corrected chi connectivity index (χ0v) is 11.0. The maximum absolute atomic E-state index is 12.6. The Kier molecular flexibility index (Phi) is 7.43. The first kappa shape index (κ1) is 13.7. The van der Waals surface area contributed by atoms with Crippen LogP contribution < -0.4 is 0 Å². The molecular weight excluding hydrogens is 271 g/mol. The van der Waals surface area contributed by atoms with Crippen LogP contribution in [0.4, 0.5) is 4.39 Å². The van der Waals surface area contributed by atoms with Gasteiger partial charge in [0.25, 0.3) is 0 Å². The molecule has 0 saturated heterocycles. The maximum atomic E-state index is 12.6. The van der Waals surface area contributed by atoms with E-state index in [1.165, 1.54) is 31.4 Å². The van der Waals surface area contributed by atoms with Crippen molar-refractivity contribution in [2.45, 2.75) is 32.3 Å². The fraction of sp³-hybridized carbons (Fsp3) is 0.538. The molecule has 0 aliphatic carbocycles. The molecule has 0 aromatic heterocycles. The summed E-state index contributed by atoms with van der Waals surface area (Å²) in [6.45, 7) is 1.37. The normalized spacial score (nSPS) is 10.6. The van der Waals surface area contributed by atoms with Crippen LogP contribution in [0.1, 0.15) is 31.2 Å². The van der Waals surface area contributed by atoms with Crippen molar-refractivity contribution >= 4 is 15.9 Å². The van der Waals surface area contributed by atoms with Gasteiger partial charge in [-0.2, -0.15) is 0 Å². The quantitative estimate of drug-likeness (QED) is 0.512. The second-order valence-corrected chi connectivity index (χ2v) is 4.58. The summed E-state index contributed by atoms with van der Waals surface area (Å²) in [4.78, 5) is 0. The number of alkyl halides is 1. The van der Waals surface area contributed by atoms with Gasteiger partial charge in [0.15, 0.2) is 0 Å². The Morgan fingerprint density at radius 2 is 1.69 bits per heavy atom. The van der Waals surface area contributed by atoms with Crippen molar-refractivity contribution in [1.29, 1.82) is 0 Å². The van der Waals surface area contributed by atoms with E-state index >= 15 is 0 Å². The van der Waals surface area contributed by atoms with E-state index in [0.717, 1.165) is 23.9 Å². The van der Waals surface area contributed by atoms with E-state index in [-0.39, 0.29) is 5.82 Å². The second kappa shape index (κ2) is 8.71. The molecule has 0 radical (unpaired) electrons. The molecule has 1 aromatic carbocycles. The molecule has 1 rings (SSSR count). The Morgan fingerprint density at radius 3 is 2.38 bits per heavy atom. The molecule has 16 heavy (non-hydrogen) atoms. The van der Waals surface area contributed by atoms with Crippen LogP contribution in [0, 0.1) is 5.82 Å². The number of ether oxygens (including phenoxy) is 1. The van der Waals surface area contributed by atoms with E-state index in [1.54, 1.807) is 12.1 Å². The summed E-state index contributed by atoms with van der Waals surface area (Å²) in [6.07, 6.45) is 4.81. The molecule has 0 atom stereocenters. The lowest BCUT2D eigenvalue weighted by molar-refractivity contribution is 0.117. The molecule has 0 N–H and O–H groups in total. The van der Waals surface area contributed by atoms with Crippen LogP contribution >= 0.6 is 15.9 Å². The molecule has 90 valence electrons. The monoisotopic (exact) mass is 288 g/mol. The van der Waals surface area contributed by atoms with E-state index in [0.29, 0.717) is 6.61 Å². The molecule has 0 heterocycles. The highest BCUT2D eigenvalue weighted by Crippen LogP contribution is 2.06. The van der Waals surface area contributed by atoms with E-state index in [4.69, 9.17) is 4.74 Å². The van der Waals surface area contributed by atoms with E-state index < -0.39 is 0 Å². The van der Waals surface area contributed by atoms with Crippen molar-refractivity contribution in [2.24, 2.45) is 0 Å². The Labute approximate surface area is 105 Å². The Bertz CT molecular complexity index is 274. The van der Waals surface area contributed by atoms with Crippen LogP contribution in [-0.4, -0.2) is 11.9 Å². The standard InChI is InChI=1S/C13H18BrFO/c14-9-3-1-2-4-10-16-11-12-5-7-13(15)8-6-12/h5-8H,1-4,9-11H2. The van der Waals surface area contributed by atoms with Crippen molar-refractivity contribution in [2.75, 3.05) is 11.9 Å². The summed E-state index contributed by atoms with van der Waals surface area (Å²) in [6, 6.07) is 6.46. The van der Waals surface area contributed by atoms with Crippen LogP contribution in [0.25, 0.3) is 0 Å². The predicted molar refractivity (Wildman–Crippen MR) is 68.3 cm³/mol. The SMILES string of the molecule is Fc1ccc(COCCCCCCBr)cc1. The molecule has 0 bridgehead atoms. The second-order valence-electron chi connectivity index (χ2n) is 3.78. The fourth-order valence-electron chi connectivity index (χ4n) is 1.42. The van der Waals surface area contributed by atoms with Gasteiger partial charge < -0.3 is 4.74 Å². The Hall–Kier alpha value is -0.410. The lowest BCUT2D eigenvalue weighted by Gasteiger charge is -2.04. The molecule has 0 fully saturated rings. The van der Waals surface area contributed by atoms with E-state index in [2.05, 4.69) is 15.9 Å². The van der Waals surface area contributed by atoms with Crippen LogP contribution in [-0.2, 0) is 11.3 Å². The molecule has 0 aliphatic rings. The van der Waals surface area contributed by atoms with Gasteiger partial charge >= 0.3 is 0 Å². The number of hydrogen-bond donors (Lipinski definition) is 0. The van der Waals surface area contributed by atoms with Crippen molar-refractivity contribution < 1.29 is 9.13 Å². The molecule has 0 unspecified atom stereocenters. The van der Waals surface area contributed by atoms with Crippen molar-refractivity contribution in [3.05, 3.63) is 35.6 Å². The molecule has 0 amide bonds. The summed E-state index contributed by atoms with van der Waals surface area (Å²) in [5.74, 6) is -0.196. The third-order valence-electron chi connectivity index (χ3n) is 2.35.